The van der Waals surface area contributed by atoms with Gasteiger partial charge in [0.15, 0.2) is 11.0 Å². The second-order valence-electron chi connectivity index (χ2n) is 8.46. The molecule has 0 atom stereocenters. The van der Waals surface area contributed by atoms with Gasteiger partial charge in [0.25, 0.3) is 0 Å². The zero-order valence-corrected chi connectivity index (χ0v) is 20.4. The van der Waals surface area contributed by atoms with Crippen LogP contribution in [-0.4, -0.2) is 36.3 Å². The number of allylic oxidation sites excluding steroid dienone is 2. The highest BCUT2D eigenvalue weighted by molar-refractivity contribution is 7.99. The summed E-state index contributed by atoms with van der Waals surface area (Å²) >= 11 is 1.40. The summed E-state index contributed by atoms with van der Waals surface area (Å²) < 4.78 is 7.56. The summed E-state index contributed by atoms with van der Waals surface area (Å²) in [5.41, 5.74) is 4.02. The second-order valence-corrected chi connectivity index (χ2v) is 9.40. The first kappa shape index (κ1) is 23.1. The Morgan fingerprint density at radius 2 is 2.03 bits per heavy atom. The van der Waals surface area contributed by atoms with Crippen LogP contribution in [0.25, 0.3) is 17.1 Å². The number of hydrogen-bond donors (Lipinski definition) is 0. The zero-order valence-electron chi connectivity index (χ0n) is 19.6. The molecule has 1 amide bonds. The Morgan fingerprint density at radius 3 is 2.77 bits per heavy atom. The van der Waals surface area contributed by atoms with Gasteiger partial charge in [0.05, 0.1) is 24.2 Å². The summed E-state index contributed by atoms with van der Waals surface area (Å²) in [6.07, 6.45) is 11.5. The van der Waals surface area contributed by atoms with Crippen molar-refractivity contribution >= 4 is 17.7 Å². The topological polar surface area (TPSA) is 77.0 Å². The fraction of sp³-hybridized carbons (Fsp3) is 0.259. The Bertz CT molecular complexity index is 1310. The van der Waals surface area contributed by atoms with Crippen LogP contribution in [-0.2, 0) is 11.3 Å². The van der Waals surface area contributed by atoms with Crippen molar-refractivity contribution < 1.29 is 9.21 Å². The minimum atomic E-state index is 0.0295. The number of aryl methyl sites for hydroxylation is 1. The van der Waals surface area contributed by atoms with E-state index in [-0.39, 0.29) is 11.7 Å². The molecule has 178 valence electrons. The second kappa shape index (κ2) is 10.7. The molecule has 1 aliphatic rings. The van der Waals surface area contributed by atoms with Crippen molar-refractivity contribution in [3.05, 3.63) is 90.3 Å². The Hall–Kier alpha value is -3.65. The molecule has 35 heavy (non-hydrogen) atoms. The highest BCUT2D eigenvalue weighted by Gasteiger charge is 2.23. The number of nitrogens with zero attached hydrogens (tertiary/aromatic N) is 5. The first-order chi connectivity index (χ1) is 17.2. The normalized spacial score (nSPS) is 13.5. The zero-order chi connectivity index (χ0) is 24.0. The maximum Gasteiger partial charge on any atom is 0.237 e. The number of rotatable bonds is 8. The van der Waals surface area contributed by atoms with Gasteiger partial charge >= 0.3 is 0 Å². The number of carbonyl (C=O) groups excluding carboxylic acids is 1. The molecule has 0 fully saturated rings. The van der Waals surface area contributed by atoms with Crippen molar-refractivity contribution in [3.8, 4) is 17.1 Å². The number of aromatic nitrogens is 4. The monoisotopic (exact) mass is 485 g/mol. The maximum atomic E-state index is 13.5. The minimum absolute atomic E-state index is 0.0295. The standard InChI is InChI=1S/C27H27N5O2S/c1-20-9-5-6-14-24(20)32-26(21-10-7-15-28-17-21)29-30-27(32)35-19-25(33)31(18-23-13-8-16-34-23)22-11-3-2-4-12-22/h5-11,13-17H,2-4,12,18-19H2,1H3. The molecule has 4 aromatic rings. The first-order valence-corrected chi connectivity index (χ1v) is 12.8. The van der Waals surface area contributed by atoms with Gasteiger partial charge in [0, 0.05) is 23.7 Å². The average molecular weight is 486 g/mol. The van der Waals surface area contributed by atoms with Crippen LogP contribution in [0.4, 0.5) is 0 Å². The molecule has 0 radical (unpaired) electrons. The third kappa shape index (κ3) is 5.22. The van der Waals surface area contributed by atoms with E-state index in [0.29, 0.717) is 17.5 Å². The Kier molecular flexibility index (Phi) is 7.09. The Balaban J connectivity index is 1.43. The molecule has 3 heterocycles. The van der Waals surface area contributed by atoms with Crippen LogP contribution in [0.1, 0.15) is 37.0 Å². The quantitative estimate of drug-likeness (QED) is 0.293. The fourth-order valence-electron chi connectivity index (χ4n) is 4.26. The van der Waals surface area contributed by atoms with Crippen molar-refractivity contribution in [3.63, 3.8) is 0 Å². The number of para-hydroxylation sites is 1. The molecule has 0 aliphatic heterocycles. The van der Waals surface area contributed by atoms with E-state index in [1.807, 2.05) is 51.9 Å². The van der Waals surface area contributed by atoms with Crippen molar-refractivity contribution in [2.45, 2.75) is 44.3 Å². The summed E-state index contributed by atoms with van der Waals surface area (Å²) in [4.78, 5) is 19.6. The van der Waals surface area contributed by atoms with E-state index >= 15 is 0 Å². The highest BCUT2D eigenvalue weighted by atomic mass is 32.2. The van der Waals surface area contributed by atoms with E-state index in [1.54, 1.807) is 18.7 Å². The fourth-order valence-corrected chi connectivity index (χ4v) is 5.08. The molecule has 3 aromatic heterocycles. The molecule has 7 nitrogen and oxygen atoms in total. The molecule has 0 spiro atoms. The van der Waals surface area contributed by atoms with Gasteiger partial charge in [0.2, 0.25) is 5.91 Å². The number of pyridine rings is 1. The number of hydrogen-bond acceptors (Lipinski definition) is 6. The van der Waals surface area contributed by atoms with Crippen LogP contribution in [0.2, 0.25) is 0 Å². The van der Waals surface area contributed by atoms with Crippen molar-refractivity contribution in [1.29, 1.82) is 0 Å². The predicted octanol–water partition coefficient (Wildman–Crippen LogP) is 5.81. The van der Waals surface area contributed by atoms with E-state index in [2.05, 4.69) is 34.2 Å². The molecule has 0 unspecified atom stereocenters. The third-order valence-electron chi connectivity index (χ3n) is 6.04. The summed E-state index contributed by atoms with van der Waals surface area (Å²) in [5, 5.41) is 9.62. The van der Waals surface area contributed by atoms with Gasteiger partial charge in [-0.25, -0.2) is 0 Å². The molecular formula is C27H27N5O2S. The van der Waals surface area contributed by atoms with Crippen LogP contribution < -0.4 is 0 Å². The molecule has 1 aromatic carbocycles. The van der Waals surface area contributed by atoms with E-state index in [4.69, 9.17) is 4.42 Å². The van der Waals surface area contributed by atoms with E-state index in [9.17, 15) is 4.79 Å². The molecule has 8 heteroatoms. The average Bonchev–Trinajstić information content (AvgIpc) is 3.57. The van der Waals surface area contributed by atoms with Crippen molar-refractivity contribution in [1.82, 2.24) is 24.6 Å². The first-order valence-electron chi connectivity index (χ1n) is 11.8. The van der Waals surface area contributed by atoms with E-state index < -0.39 is 0 Å². The van der Waals surface area contributed by atoms with Gasteiger partial charge in [-0.15, -0.1) is 10.2 Å². The number of amides is 1. The Labute approximate surface area is 208 Å². The predicted molar refractivity (Wildman–Crippen MR) is 136 cm³/mol. The van der Waals surface area contributed by atoms with Crippen LogP contribution in [0.15, 0.2) is 88.5 Å². The number of furan rings is 1. The van der Waals surface area contributed by atoms with Gasteiger partial charge in [-0.3, -0.25) is 14.3 Å². The summed E-state index contributed by atoms with van der Waals surface area (Å²) in [5.74, 6) is 1.75. The van der Waals surface area contributed by atoms with Crippen LogP contribution in [0, 0.1) is 6.92 Å². The maximum absolute atomic E-state index is 13.5. The third-order valence-corrected chi connectivity index (χ3v) is 6.96. The molecule has 0 saturated heterocycles. The lowest BCUT2D eigenvalue weighted by atomic mass is 10.0. The van der Waals surface area contributed by atoms with Crippen molar-refractivity contribution in [2.24, 2.45) is 0 Å². The highest BCUT2D eigenvalue weighted by Crippen LogP contribution is 2.30. The van der Waals surface area contributed by atoms with Gasteiger partial charge in [-0.1, -0.05) is 36.0 Å². The van der Waals surface area contributed by atoms with Gasteiger partial charge < -0.3 is 9.32 Å². The molecule has 0 saturated carbocycles. The summed E-state index contributed by atoms with van der Waals surface area (Å²) in [6.45, 7) is 2.49. The van der Waals surface area contributed by atoms with Gasteiger partial charge in [-0.2, -0.15) is 0 Å². The number of thioether (sulfide) groups is 1. The number of benzene rings is 1. The minimum Gasteiger partial charge on any atom is -0.467 e. The molecular weight excluding hydrogens is 458 g/mol. The lowest BCUT2D eigenvalue weighted by Crippen LogP contribution is -2.32. The SMILES string of the molecule is Cc1ccccc1-n1c(SCC(=O)N(Cc2ccco2)C2=CCCCC2)nnc1-c1cccnc1. The van der Waals surface area contributed by atoms with E-state index in [0.717, 1.165) is 54.0 Å². The molecule has 1 aliphatic carbocycles. The number of carbonyl (C=O) groups is 1. The van der Waals surface area contributed by atoms with Gasteiger partial charge in [-0.05, 0) is 68.5 Å². The molecule has 0 N–H and O–H groups in total. The molecule has 5 rings (SSSR count). The van der Waals surface area contributed by atoms with Crippen LogP contribution in [0.5, 0.6) is 0 Å². The molecule has 0 bridgehead atoms. The summed E-state index contributed by atoms with van der Waals surface area (Å²) in [7, 11) is 0. The van der Waals surface area contributed by atoms with Crippen molar-refractivity contribution in [2.75, 3.05) is 5.75 Å². The largest absolute Gasteiger partial charge is 0.467 e. The summed E-state index contributed by atoms with van der Waals surface area (Å²) in [6, 6.07) is 15.7. The smallest absolute Gasteiger partial charge is 0.237 e. The van der Waals surface area contributed by atoms with Crippen LogP contribution in [0.3, 0.4) is 0 Å². The lowest BCUT2D eigenvalue weighted by Gasteiger charge is -2.27. The van der Waals surface area contributed by atoms with E-state index in [1.165, 1.54) is 11.8 Å². The van der Waals surface area contributed by atoms with Gasteiger partial charge in [0.1, 0.15) is 5.76 Å². The Morgan fingerprint density at radius 1 is 1.11 bits per heavy atom. The van der Waals surface area contributed by atoms with Crippen LogP contribution >= 0.6 is 11.8 Å². The lowest BCUT2D eigenvalue weighted by molar-refractivity contribution is -0.127.